The number of hydrogen-bond acceptors (Lipinski definition) is 5. The lowest BCUT2D eigenvalue weighted by Gasteiger charge is -2.04. The van der Waals surface area contributed by atoms with Gasteiger partial charge in [-0.2, -0.15) is 4.98 Å². The van der Waals surface area contributed by atoms with Crippen LogP contribution in [-0.4, -0.2) is 15.0 Å². The summed E-state index contributed by atoms with van der Waals surface area (Å²) in [6.45, 7) is 1.89. The molecule has 0 aliphatic rings. The largest absolute Gasteiger partial charge is 0.381 e. The van der Waals surface area contributed by atoms with E-state index >= 15 is 0 Å². The topological polar surface area (TPSA) is 76.7 Å². The number of aromatic nitrogens is 3. The first-order valence-electron chi connectivity index (χ1n) is 4.63. The minimum atomic E-state index is -0.632. The van der Waals surface area contributed by atoms with Crippen molar-refractivity contribution in [2.24, 2.45) is 0 Å². The standard InChI is InChI=1S/C10H10FN5/c1-6-2-3-7(4-13-6)15-10-14-5-8(11)9(12)16-10/h2-5H,1H3,(H3,12,14,15,16). The van der Waals surface area contributed by atoms with Gasteiger partial charge in [-0.15, -0.1) is 0 Å². The first-order valence-corrected chi connectivity index (χ1v) is 4.63. The third-order valence-corrected chi connectivity index (χ3v) is 1.94. The number of pyridine rings is 1. The van der Waals surface area contributed by atoms with Crippen molar-refractivity contribution in [3.8, 4) is 0 Å². The molecule has 0 bridgehead atoms. The summed E-state index contributed by atoms with van der Waals surface area (Å²) in [7, 11) is 0. The maximum Gasteiger partial charge on any atom is 0.229 e. The van der Waals surface area contributed by atoms with Crippen molar-refractivity contribution in [2.75, 3.05) is 11.1 Å². The van der Waals surface area contributed by atoms with Crippen molar-refractivity contribution >= 4 is 17.5 Å². The number of aryl methyl sites for hydroxylation is 1. The summed E-state index contributed by atoms with van der Waals surface area (Å²) < 4.78 is 12.8. The molecule has 5 nitrogen and oxygen atoms in total. The lowest BCUT2D eigenvalue weighted by Crippen LogP contribution is -2.02. The van der Waals surface area contributed by atoms with E-state index in [1.165, 1.54) is 0 Å². The number of hydrogen-bond donors (Lipinski definition) is 2. The Balaban J connectivity index is 2.20. The average molecular weight is 219 g/mol. The van der Waals surface area contributed by atoms with E-state index in [4.69, 9.17) is 5.73 Å². The lowest BCUT2D eigenvalue weighted by atomic mass is 10.3. The summed E-state index contributed by atoms with van der Waals surface area (Å²) in [5, 5.41) is 2.87. The molecule has 0 aromatic carbocycles. The summed E-state index contributed by atoms with van der Waals surface area (Å²) in [6.07, 6.45) is 2.66. The highest BCUT2D eigenvalue weighted by Crippen LogP contribution is 2.13. The fourth-order valence-corrected chi connectivity index (χ4v) is 1.11. The van der Waals surface area contributed by atoms with Gasteiger partial charge in [-0.1, -0.05) is 0 Å². The predicted molar refractivity (Wildman–Crippen MR) is 58.7 cm³/mol. The highest BCUT2D eigenvalue weighted by Gasteiger charge is 2.03. The van der Waals surface area contributed by atoms with Gasteiger partial charge in [0, 0.05) is 5.69 Å². The van der Waals surface area contributed by atoms with Crippen molar-refractivity contribution in [3.05, 3.63) is 36.0 Å². The maximum absolute atomic E-state index is 12.8. The number of nitrogens with two attached hydrogens (primary N) is 1. The molecule has 3 N–H and O–H groups in total. The first kappa shape index (κ1) is 10.3. The van der Waals surface area contributed by atoms with Crippen LogP contribution in [0.2, 0.25) is 0 Å². The minimum Gasteiger partial charge on any atom is -0.381 e. The molecule has 0 fully saturated rings. The van der Waals surface area contributed by atoms with Gasteiger partial charge >= 0.3 is 0 Å². The maximum atomic E-state index is 12.8. The highest BCUT2D eigenvalue weighted by molar-refractivity contribution is 5.52. The fraction of sp³-hybridized carbons (Fsp3) is 0.100. The lowest BCUT2D eigenvalue weighted by molar-refractivity contribution is 0.620. The molecular formula is C10H10FN5. The summed E-state index contributed by atoms with van der Waals surface area (Å²) >= 11 is 0. The van der Waals surface area contributed by atoms with Crippen LogP contribution < -0.4 is 11.1 Å². The normalized spacial score (nSPS) is 10.1. The molecule has 2 aromatic heterocycles. The van der Waals surface area contributed by atoms with Gasteiger partial charge in [-0.3, -0.25) is 4.98 Å². The van der Waals surface area contributed by atoms with Gasteiger partial charge in [-0.05, 0) is 19.1 Å². The van der Waals surface area contributed by atoms with Crippen molar-refractivity contribution in [2.45, 2.75) is 6.92 Å². The molecule has 0 saturated carbocycles. The number of nitrogens with zero attached hydrogens (tertiary/aromatic N) is 3. The molecule has 0 atom stereocenters. The number of nitrogen functional groups attached to an aromatic ring is 1. The van der Waals surface area contributed by atoms with E-state index in [9.17, 15) is 4.39 Å². The van der Waals surface area contributed by atoms with Crippen LogP contribution >= 0.6 is 0 Å². The minimum absolute atomic E-state index is 0.183. The van der Waals surface area contributed by atoms with E-state index in [1.54, 1.807) is 6.20 Å². The van der Waals surface area contributed by atoms with Gasteiger partial charge in [-0.25, -0.2) is 9.37 Å². The van der Waals surface area contributed by atoms with Crippen LogP contribution in [0, 0.1) is 12.7 Å². The molecule has 0 radical (unpaired) electrons. The van der Waals surface area contributed by atoms with E-state index in [-0.39, 0.29) is 11.8 Å². The molecule has 82 valence electrons. The Kier molecular flexibility index (Phi) is 2.63. The first-order chi connectivity index (χ1) is 7.65. The van der Waals surface area contributed by atoms with Crippen LogP contribution in [-0.2, 0) is 0 Å². The van der Waals surface area contributed by atoms with E-state index in [0.29, 0.717) is 0 Å². The predicted octanol–water partition coefficient (Wildman–Crippen LogP) is 1.64. The van der Waals surface area contributed by atoms with Gasteiger partial charge in [0.05, 0.1) is 18.1 Å². The average Bonchev–Trinajstić information content (AvgIpc) is 2.27. The summed E-state index contributed by atoms with van der Waals surface area (Å²) in [5.74, 6) is -0.574. The molecule has 0 aliphatic carbocycles. The number of nitrogens with one attached hydrogen (secondary N) is 1. The molecule has 16 heavy (non-hydrogen) atoms. The third kappa shape index (κ3) is 2.22. The molecule has 0 saturated heterocycles. The van der Waals surface area contributed by atoms with Crippen molar-refractivity contribution in [1.29, 1.82) is 0 Å². The second-order valence-electron chi connectivity index (χ2n) is 3.24. The zero-order valence-corrected chi connectivity index (χ0v) is 8.61. The Morgan fingerprint density at radius 1 is 1.25 bits per heavy atom. The van der Waals surface area contributed by atoms with E-state index in [2.05, 4.69) is 20.3 Å². The van der Waals surface area contributed by atoms with Crippen LogP contribution in [0.5, 0.6) is 0 Å². The molecule has 0 amide bonds. The highest BCUT2D eigenvalue weighted by atomic mass is 19.1. The molecular weight excluding hydrogens is 209 g/mol. The van der Waals surface area contributed by atoms with Gasteiger partial charge in [0.1, 0.15) is 0 Å². The third-order valence-electron chi connectivity index (χ3n) is 1.94. The van der Waals surface area contributed by atoms with Gasteiger partial charge in [0.25, 0.3) is 0 Å². The smallest absolute Gasteiger partial charge is 0.229 e. The van der Waals surface area contributed by atoms with Crippen molar-refractivity contribution in [1.82, 2.24) is 15.0 Å². The Bertz CT molecular complexity index is 497. The molecule has 2 heterocycles. The van der Waals surface area contributed by atoms with Gasteiger partial charge in [0.15, 0.2) is 11.6 Å². The summed E-state index contributed by atoms with van der Waals surface area (Å²) in [4.78, 5) is 11.6. The molecule has 0 spiro atoms. The Labute approximate surface area is 91.6 Å². The second-order valence-corrected chi connectivity index (χ2v) is 3.24. The molecule has 2 aromatic rings. The number of halogens is 1. The monoisotopic (exact) mass is 219 g/mol. The Morgan fingerprint density at radius 2 is 2.06 bits per heavy atom. The zero-order valence-electron chi connectivity index (χ0n) is 8.61. The van der Waals surface area contributed by atoms with Crippen LogP contribution in [0.25, 0.3) is 0 Å². The quantitative estimate of drug-likeness (QED) is 0.803. The van der Waals surface area contributed by atoms with Gasteiger partial charge < -0.3 is 11.1 Å². The van der Waals surface area contributed by atoms with Crippen LogP contribution in [0.3, 0.4) is 0 Å². The SMILES string of the molecule is Cc1ccc(Nc2ncc(F)c(N)n2)cn1. The summed E-state index contributed by atoms with van der Waals surface area (Å²) in [5.41, 5.74) is 6.94. The van der Waals surface area contributed by atoms with Crippen LogP contribution in [0.1, 0.15) is 5.69 Å². The Morgan fingerprint density at radius 3 is 2.69 bits per heavy atom. The number of anilines is 3. The zero-order chi connectivity index (χ0) is 11.5. The van der Waals surface area contributed by atoms with Crippen LogP contribution in [0.15, 0.2) is 24.5 Å². The number of rotatable bonds is 2. The van der Waals surface area contributed by atoms with Crippen LogP contribution in [0.4, 0.5) is 21.8 Å². The molecule has 6 heteroatoms. The van der Waals surface area contributed by atoms with E-state index in [1.807, 2.05) is 19.1 Å². The molecule has 0 unspecified atom stereocenters. The molecule has 0 aliphatic heterocycles. The van der Waals surface area contributed by atoms with E-state index in [0.717, 1.165) is 17.6 Å². The van der Waals surface area contributed by atoms with Crippen molar-refractivity contribution in [3.63, 3.8) is 0 Å². The van der Waals surface area contributed by atoms with Gasteiger partial charge in [0.2, 0.25) is 5.95 Å². The fourth-order valence-electron chi connectivity index (χ4n) is 1.11. The van der Waals surface area contributed by atoms with Crippen molar-refractivity contribution < 1.29 is 4.39 Å². The molecule has 2 rings (SSSR count). The summed E-state index contributed by atoms with van der Waals surface area (Å²) in [6, 6.07) is 3.67. The Hall–Kier alpha value is -2.24. The second kappa shape index (κ2) is 4.09. The van der Waals surface area contributed by atoms with E-state index < -0.39 is 5.82 Å².